The van der Waals surface area contributed by atoms with Crippen LogP contribution in [0, 0.1) is 10.1 Å². The predicted octanol–water partition coefficient (Wildman–Crippen LogP) is 4.06. The van der Waals surface area contributed by atoms with Crippen LogP contribution in [-0.4, -0.2) is 22.6 Å². The van der Waals surface area contributed by atoms with Gasteiger partial charge in [0.2, 0.25) is 0 Å². The minimum absolute atomic E-state index is 0.0358. The van der Waals surface area contributed by atoms with E-state index >= 15 is 0 Å². The molecular weight excluding hydrogens is 358 g/mol. The van der Waals surface area contributed by atoms with Crippen LogP contribution >= 0.6 is 0 Å². The van der Waals surface area contributed by atoms with Gasteiger partial charge >= 0.3 is 0 Å². The van der Waals surface area contributed by atoms with E-state index in [0.29, 0.717) is 17.0 Å². The second kappa shape index (κ2) is 8.30. The summed E-state index contributed by atoms with van der Waals surface area (Å²) in [4.78, 5) is 22.7. The first-order valence-corrected chi connectivity index (χ1v) is 8.68. The van der Waals surface area contributed by atoms with E-state index in [1.54, 1.807) is 26.0 Å². The minimum Gasteiger partial charge on any atom is -0.481 e. The van der Waals surface area contributed by atoms with E-state index in [4.69, 9.17) is 4.74 Å². The Balaban J connectivity index is 1.65. The highest BCUT2D eigenvalue weighted by molar-refractivity contribution is 5.99. The molecule has 3 rings (SSSR count). The molecule has 7 nitrogen and oxygen atoms in total. The van der Waals surface area contributed by atoms with E-state index in [1.165, 1.54) is 12.1 Å². The number of nitrogens with one attached hydrogen (secondary N) is 1. The molecule has 1 atom stereocenters. The normalized spacial score (nSPS) is 12.4. The van der Waals surface area contributed by atoms with Crippen molar-refractivity contribution in [1.82, 2.24) is 5.43 Å². The molecule has 28 heavy (non-hydrogen) atoms. The number of fused-ring (bicyclic) bond motifs is 1. The lowest BCUT2D eigenvalue weighted by atomic mass is 10.1. The van der Waals surface area contributed by atoms with Crippen molar-refractivity contribution in [2.75, 3.05) is 0 Å². The van der Waals surface area contributed by atoms with Crippen LogP contribution in [0.4, 0.5) is 5.69 Å². The number of nitrogens with zero attached hydrogens (tertiary/aromatic N) is 2. The number of carbonyl (C=O) groups is 1. The average Bonchev–Trinajstić information content (AvgIpc) is 2.71. The lowest BCUT2D eigenvalue weighted by Gasteiger charge is -2.14. The molecule has 0 saturated heterocycles. The molecule has 0 spiro atoms. The van der Waals surface area contributed by atoms with E-state index < -0.39 is 16.9 Å². The summed E-state index contributed by atoms with van der Waals surface area (Å²) in [7, 11) is 0. The Morgan fingerprint density at radius 3 is 2.57 bits per heavy atom. The van der Waals surface area contributed by atoms with Crippen LogP contribution in [0.3, 0.4) is 0 Å². The van der Waals surface area contributed by atoms with Crippen molar-refractivity contribution in [1.29, 1.82) is 0 Å². The number of benzene rings is 3. The molecule has 0 saturated carbocycles. The molecule has 0 radical (unpaired) electrons. The highest BCUT2D eigenvalue weighted by Crippen LogP contribution is 2.21. The smallest absolute Gasteiger partial charge is 0.280 e. The third kappa shape index (κ3) is 4.50. The maximum absolute atomic E-state index is 12.3. The topological polar surface area (TPSA) is 93.8 Å². The number of hydrogen-bond donors (Lipinski definition) is 1. The van der Waals surface area contributed by atoms with Crippen LogP contribution in [0.5, 0.6) is 5.75 Å². The summed E-state index contributed by atoms with van der Waals surface area (Å²) < 4.78 is 5.70. The fraction of sp³-hybridized carbons (Fsp3) is 0.143. The second-order valence-corrected chi connectivity index (χ2v) is 6.25. The number of hydrogen-bond acceptors (Lipinski definition) is 5. The first-order valence-electron chi connectivity index (χ1n) is 8.68. The molecule has 0 heterocycles. The Hall–Kier alpha value is -3.74. The van der Waals surface area contributed by atoms with Gasteiger partial charge in [-0.1, -0.05) is 42.5 Å². The summed E-state index contributed by atoms with van der Waals surface area (Å²) in [5, 5.41) is 17.0. The van der Waals surface area contributed by atoms with Gasteiger partial charge in [-0.15, -0.1) is 0 Å². The number of carbonyl (C=O) groups excluding carboxylic acids is 1. The Morgan fingerprint density at radius 2 is 1.82 bits per heavy atom. The van der Waals surface area contributed by atoms with Gasteiger partial charge in [0, 0.05) is 17.7 Å². The van der Waals surface area contributed by atoms with Gasteiger partial charge in [0.25, 0.3) is 11.6 Å². The van der Waals surface area contributed by atoms with Gasteiger partial charge in [0.15, 0.2) is 6.10 Å². The Labute approximate surface area is 161 Å². The minimum atomic E-state index is -0.761. The molecule has 3 aromatic rings. The zero-order valence-corrected chi connectivity index (χ0v) is 15.5. The lowest BCUT2D eigenvalue weighted by Crippen LogP contribution is -2.33. The number of non-ortho nitro benzene ring substituents is 1. The predicted molar refractivity (Wildman–Crippen MR) is 107 cm³/mol. The van der Waals surface area contributed by atoms with E-state index in [9.17, 15) is 14.9 Å². The van der Waals surface area contributed by atoms with Crippen LogP contribution < -0.4 is 10.2 Å². The number of hydrazone groups is 1. The molecular formula is C21H19N3O4. The van der Waals surface area contributed by atoms with Crippen LogP contribution in [0.2, 0.25) is 0 Å². The fourth-order valence-electron chi connectivity index (χ4n) is 2.64. The van der Waals surface area contributed by atoms with Gasteiger partial charge in [0.05, 0.1) is 10.6 Å². The molecule has 0 aliphatic carbocycles. The standard InChI is InChI=1S/C21H19N3O4/c1-14(17-8-5-9-19(12-17)24(26)27)22-23-21(25)15(2)28-20-11-10-16-6-3-4-7-18(16)13-20/h3-13,15H,1-2H3,(H,23,25)/b22-14+. The average molecular weight is 377 g/mol. The molecule has 0 fully saturated rings. The molecule has 1 N–H and O–H groups in total. The lowest BCUT2D eigenvalue weighted by molar-refractivity contribution is -0.384. The number of amides is 1. The number of nitro groups is 1. The zero-order valence-electron chi connectivity index (χ0n) is 15.5. The first-order chi connectivity index (χ1) is 13.4. The summed E-state index contributed by atoms with van der Waals surface area (Å²) in [6.07, 6.45) is -0.761. The Kier molecular flexibility index (Phi) is 5.64. The highest BCUT2D eigenvalue weighted by Gasteiger charge is 2.15. The monoisotopic (exact) mass is 377 g/mol. The first kappa shape index (κ1) is 19.0. The van der Waals surface area contributed by atoms with Crippen LogP contribution in [0.25, 0.3) is 10.8 Å². The van der Waals surface area contributed by atoms with Crippen molar-refractivity contribution >= 4 is 28.1 Å². The summed E-state index contributed by atoms with van der Waals surface area (Å²) in [5.41, 5.74) is 3.41. The summed E-state index contributed by atoms with van der Waals surface area (Å²) >= 11 is 0. The van der Waals surface area contributed by atoms with E-state index in [-0.39, 0.29) is 5.69 Å². The van der Waals surface area contributed by atoms with Crippen molar-refractivity contribution in [2.24, 2.45) is 5.10 Å². The second-order valence-electron chi connectivity index (χ2n) is 6.25. The third-order valence-electron chi connectivity index (χ3n) is 4.21. The summed E-state index contributed by atoms with van der Waals surface area (Å²) in [6.45, 7) is 3.29. The molecule has 1 amide bonds. The van der Waals surface area contributed by atoms with Crippen molar-refractivity contribution in [3.8, 4) is 5.75 Å². The van der Waals surface area contributed by atoms with E-state index in [2.05, 4.69) is 10.5 Å². The maximum atomic E-state index is 12.3. The van der Waals surface area contributed by atoms with Crippen molar-refractivity contribution < 1.29 is 14.5 Å². The molecule has 1 unspecified atom stereocenters. The molecule has 0 aliphatic rings. The molecule has 0 aromatic heterocycles. The zero-order chi connectivity index (χ0) is 20.1. The summed E-state index contributed by atoms with van der Waals surface area (Å²) in [5.74, 6) is 0.165. The van der Waals surface area contributed by atoms with Gasteiger partial charge in [-0.3, -0.25) is 14.9 Å². The fourth-order valence-corrected chi connectivity index (χ4v) is 2.64. The highest BCUT2D eigenvalue weighted by atomic mass is 16.6. The van der Waals surface area contributed by atoms with Gasteiger partial charge in [-0.05, 0) is 36.8 Å². The van der Waals surface area contributed by atoms with E-state index in [0.717, 1.165) is 10.8 Å². The van der Waals surface area contributed by atoms with Crippen LogP contribution in [-0.2, 0) is 4.79 Å². The maximum Gasteiger partial charge on any atom is 0.280 e. The third-order valence-corrected chi connectivity index (χ3v) is 4.21. The SMILES string of the molecule is C/C(=N\NC(=O)C(C)Oc1ccc2ccccc2c1)c1cccc([N+](=O)[O-])c1. The molecule has 7 heteroatoms. The molecule has 0 bridgehead atoms. The van der Waals surface area contributed by atoms with Crippen molar-refractivity contribution in [2.45, 2.75) is 20.0 Å². The van der Waals surface area contributed by atoms with Crippen LogP contribution in [0.1, 0.15) is 19.4 Å². The Bertz CT molecular complexity index is 1060. The van der Waals surface area contributed by atoms with Gasteiger partial charge in [-0.25, -0.2) is 5.43 Å². The van der Waals surface area contributed by atoms with Crippen molar-refractivity contribution in [3.63, 3.8) is 0 Å². The van der Waals surface area contributed by atoms with Crippen LogP contribution in [0.15, 0.2) is 71.8 Å². The number of ether oxygens (including phenoxy) is 1. The quantitative estimate of drug-likeness (QED) is 0.398. The van der Waals surface area contributed by atoms with Gasteiger partial charge < -0.3 is 4.74 Å². The number of nitro benzene ring substituents is 1. The molecule has 3 aromatic carbocycles. The molecule has 0 aliphatic heterocycles. The van der Waals surface area contributed by atoms with Crippen molar-refractivity contribution in [3.05, 3.63) is 82.4 Å². The number of rotatable bonds is 6. The van der Waals surface area contributed by atoms with Gasteiger partial charge in [-0.2, -0.15) is 5.10 Å². The van der Waals surface area contributed by atoms with E-state index in [1.807, 2.05) is 42.5 Å². The summed E-state index contributed by atoms with van der Waals surface area (Å²) in [6, 6.07) is 19.5. The molecule has 142 valence electrons. The largest absolute Gasteiger partial charge is 0.481 e. The van der Waals surface area contributed by atoms with Gasteiger partial charge in [0.1, 0.15) is 5.75 Å². The Morgan fingerprint density at radius 1 is 1.07 bits per heavy atom.